The summed E-state index contributed by atoms with van der Waals surface area (Å²) in [5.41, 5.74) is 0.795. The van der Waals surface area contributed by atoms with Crippen LogP contribution in [0.15, 0.2) is 59.1 Å². The van der Waals surface area contributed by atoms with Crippen molar-refractivity contribution in [3.05, 3.63) is 77.3 Å². The Hall–Kier alpha value is -3.76. The summed E-state index contributed by atoms with van der Waals surface area (Å²) >= 11 is 5.53. The highest BCUT2D eigenvalue weighted by Gasteiger charge is 2.41. The maximum absolute atomic E-state index is 11.5. The third kappa shape index (κ3) is 4.57. The number of benzene rings is 1. The monoisotopic (exact) mass is 467 g/mol. The van der Waals surface area contributed by atoms with Crippen molar-refractivity contribution in [1.29, 1.82) is 0 Å². The van der Waals surface area contributed by atoms with Gasteiger partial charge in [-0.3, -0.25) is 4.98 Å². The Bertz CT molecular complexity index is 1160. The molecule has 0 aliphatic carbocycles. The number of aliphatic hydroxyl groups excluding tert-OH is 1. The number of nitrogens with one attached hydrogen (secondary N) is 1. The minimum Gasteiger partial charge on any atom is -0.478 e. The highest BCUT2D eigenvalue weighted by Crippen LogP contribution is 2.40. The second-order valence-electron chi connectivity index (χ2n) is 7.51. The molecule has 0 bridgehead atoms. The molecule has 1 fully saturated rings. The summed E-state index contributed by atoms with van der Waals surface area (Å²) in [5.74, 6) is -1.59. The first-order chi connectivity index (χ1) is 15.9. The lowest BCUT2D eigenvalue weighted by Crippen LogP contribution is -2.30. The van der Waals surface area contributed by atoms with Gasteiger partial charge in [-0.05, 0) is 61.1 Å². The molecule has 0 spiro atoms. The first-order valence-corrected chi connectivity index (χ1v) is 10.6. The Kier molecular flexibility index (Phi) is 6.38. The quantitative estimate of drug-likeness (QED) is 0.366. The van der Waals surface area contributed by atoms with Crippen molar-refractivity contribution in [3.8, 4) is 11.3 Å². The average molecular weight is 468 g/mol. The van der Waals surface area contributed by atoms with Crippen LogP contribution < -0.4 is 5.32 Å². The van der Waals surface area contributed by atoms with E-state index in [0.717, 1.165) is 11.8 Å². The molecule has 33 heavy (non-hydrogen) atoms. The number of rotatable bonds is 8. The lowest BCUT2D eigenvalue weighted by atomic mass is 10.0. The van der Waals surface area contributed by atoms with Crippen molar-refractivity contribution in [2.24, 2.45) is 0 Å². The van der Waals surface area contributed by atoms with E-state index in [-0.39, 0.29) is 29.8 Å². The number of pyridine rings is 1. The second-order valence-corrected chi connectivity index (χ2v) is 7.90. The standard InChI is InChI=1S/C23H21N3O6S/c27-9-3-8-26-20(19(25-23(26)33)16-4-1-2-7-24-16)18-6-5-17(32-18)13-10-14(21(28)29)12-15(11-13)22(30)31/h1-2,4-7,10-12,19-20,27H,3,8-9H2,(H,25,33)(H,28,29)(H,30,31)/t19-,20-/m0/s1. The minimum absolute atomic E-state index is 0.00341. The Morgan fingerprint density at radius 1 is 1.09 bits per heavy atom. The molecule has 2 atom stereocenters. The Morgan fingerprint density at radius 3 is 2.42 bits per heavy atom. The highest BCUT2D eigenvalue weighted by molar-refractivity contribution is 7.80. The number of carboxylic acid groups (broad SMARTS) is 2. The molecule has 0 unspecified atom stereocenters. The van der Waals surface area contributed by atoms with Gasteiger partial charge in [-0.25, -0.2) is 9.59 Å². The van der Waals surface area contributed by atoms with Crippen LogP contribution in [0, 0.1) is 0 Å². The van der Waals surface area contributed by atoms with Gasteiger partial charge in [0.05, 0.1) is 22.9 Å². The predicted molar refractivity (Wildman–Crippen MR) is 122 cm³/mol. The molecule has 10 heteroatoms. The van der Waals surface area contributed by atoms with Crippen LogP contribution in [0.25, 0.3) is 11.3 Å². The van der Waals surface area contributed by atoms with Crippen molar-refractivity contribution < 1.29 is 29.3 Å². The van der Waals surface area contributed by atoms with E-state index in [0.29, 0.717) is 35.2 Å². The average Bonchev–Trinajstić information content (AvgIpc) is 3.42. The van der Waals surface area contributed by atoms with E-state index in [1.165, 1.54) is 12.1 Å². The molecule has 3 heterocycles. The first kappa shape index (κ1) is 22.4. The molecule has 170 valence electrons. The van der Waals surface area contributed by atoms with E-state index in [2.05, 4.69) is 10.3 Å². The van der Waals surface area contributed by atoms with Gasteiger partial charge in [0.2, 0.25) is 0 Å². The molecule has 1 aliphatic rings. The zero-order valence-electron chi connectivity index (χ0n) is 17.3. The number of aliphatic hydroxyl groups is 1. The molecule has 1 aromatic carbocycles. The maximum Gasteiger partial charge on any atom is 0.335 e. The number of aromatic carboxylic acids is 2. The van der Waals surface area contributed by atoms with Crippen LogP contribution in [0.1, 0.15) is 50.7 Å². The molecule has 9 nitrogen and oxygen atoms in total. The predicted octanol–water partition coefficient (Wildman–Crippen LogP) is 3.09. The summed E-state index contributed by atoms with van der Waals surface area (Å²) < 4.78 is 6.12. The fourth-order valence-electron chi connectivity index (χ4n) is 3.88. The van der Waals surface area contributed by atoms with Crippen LogP contribution >= 0.6 is 12.2 Å². The zero-order valence-corrected chi connectivity index (χ0v) is 18.2. The molecule has 1 saturated heterocycles. The number of carbonyl (C=O) groups is 2. The topological polar surface area (TPSA) is 136 Å². The zero-order chi connectivity index (χ0) is 23.5. The van der Waals surface area contributed by atoms with Gasteiger partial charge in [0, 0.05) is 24.9 Å². The van der Waals surface area contributed by atoms with Gasteiger partial charge >= 0.3 is 11.9 Å². The fourth-order valence-corrected chi connectivity index (χ4v) is 4.21. The molecular weight excluding hydrogens is 446 g/mol. The largest absolute Gasteiger partial charge is 0.478 e. The van der Waals surface area contributed by atoms with Gasteiger partial charge in [-0.1, -0.05) is 6.07 Å². The van der Waals surface area contributed by atoms with Crippen molar-refractivity contribution in [2.45, 2.75) is 18.5 Å². The van der Waals surface area contributed by atoms with Gasteiger partial charge in [0.25, 0.3) is 0 Å². The van der Waals surface area contributed by atoms with Crippen LogP contribution in [-0.2, 0) is 0 Å². The summed E-state index contributed by atoms with van der Waals surface area (Å²) in [5, 5.41) is 31.8. The molecule has 4 N–H and O–H groups in total. The van der Waals surface area contributed by atoms with Gasteiger partial charge < -0.3 is 30.0 Å². The number of hydrogen-bond acceptors (Lipinski definition) is 6. The molecular formula is C23H21N3O6S. The van der Waals surface area contributed by atoms with Gasteiger partial charge in [0.1, 0.15) is 17.6 Å². The summed E-state index contributed by atoms with van der Waals surface area (Å²) in [6, 6.07) is 12.2. The third-order valence-electron chi connectivity index (χ3n) is 5.38. The fraction of sp³-hybridized carbons (Fsp3) is 0.217. The smallest absolute Gasteiger partial charge is 0.335 e. The van der Waals surface area contributed by atoms with E-state index in [1.807, 2.05) is 23.1 Å². The van der Waals surface area contributed by atoms with Crippen LogP contribution in [0.3, 0.4) is 0 Å². The molecule has 0 amide bonds. The van der Waals surface area contributed by atoms with E-state index >= 15 is 0 Å². The van der Waals surface area contributed by atoms with Gasteiger partial charge in [-0.2, -0.15) is 0 Å². The van der Waals surface area contributed by atoms with E-state index in [1.54, 1.807) is 18.3 Å². The molecule has 2 aromatic heterocycles. The second kappa shape index (κ2) is 9.39. The number of furan rings is 1. The molecule has 0 radical (unpaired) electrons. The first-order valence-electron chi connectivity index (χ1n) is 10.2. The Morgan fingerprint density at radius 2 is 1.82 bits per heavy atom. The highest BCUT2D eigenvalue weighted by atomic mass is 32.1. The molecule has 4 rings (SSSR count). The number of thiocarbonyl (C=S) groups is 1. The number of hydrogen-bond donors (Lipinski definition) is 4. The summed E-state index contributed by atoms with van der Waals surface area (Å²) in [4.78, 5) is 29.3. The summed E-state index contributed by atoms with van der Waals surface area (Å²) in [6.45, 7) is 0.494. The van der Waals surface area contributed by atoms with Crippen LogP contribution in [-0.4, -0.2) is 55.4 Å². The van der Waals surface area contributed by atoms with Crippen LogP contribution in [0.4, 0.5) is 0 Å². The Balaban J connectivity index is 1.75. The van der Waals surface area contributed by atoms with Crippen LogP contribution in [0.2, 0.25) is 0 Å². The number of aromatic nitrogens is 1. The van der Waals surface area contributed by atoms with Gasteiger partial charge in [-0.15, -0.1) is 0 Å². The van der Waals surface area contributed by atoms with Crippen molar-refractivity contribution >= 4 is 29.3 Å². The van der Waals surface area contributed by atoms with Crippen molar-refractivity contribution in [3.63, 3.8) is 0 Å². The number of nitrogens with zero attached hydrogens (tertiary/aromatic N) is 2. The maximum atomic E-state index is 11.5. The SMILES string of the molecule is O=C(O)c1cc(C(=O)O)cc(-c2ccc([C@H]3[C@H](c4ccccn4)NC(=S)N3CCCO)o2)c1. The Labute approximate surface area is 194 Å². The van der Waals surface area contributed by atoms with E-state index < -0.39 is 11.9 Å². The van der Waals surface area contributed by atoms with Crippen molar-refractivity contribution in [2.75, 3.05) is 13.2 Å². The molecule has 3 aromatic rings. The molecule has 1 aliphatic heterocycles. The summed E-state index contributed by atoms with van der Waals surface area (Å²) in [6.07, 6.45) is 2.19. The van der Waals surface area contributed by atoms with E-state index in [4.69, 9.17) is 16.6 Å². The number of carboxylic acids is 2. The molecule has 0 saturated carbocycles. The summed E-state index contributed by atoms with van der Waals surface area (Å²) in [7, 11) is 0. The van der Waals surface area contributed by atoms with Gasteiger partial charge in [0.15, 0.2) is 5.11 Å². The minimum atomic E-state index is -1.23. The lowest BCUT2D eigenvalue weighted by Gasteiger charge is -2.25. The normalized spacial score (nSPS) is 17.7. The third-order valence-corrected chi connectivity index (χ3v) is 5.74. The van der Waals surface area contributed by atoms with Crippen molar-refractivity contribution in [1.82, 2.24) is 15.2 Å². The van der Waals surface area contributed by atoms with E-state index in [9.17, 15) is 24.9 Å². The lowest BCUT2D eigenvalue weighted by molar-refractivity contribution is 0.0696. The van der Waals surface area contributed by atoms with Crippen LogP contribution in [0.5, 0.6) is 0 Å².